The van der Waals surface area contributed by atoms with Crippen LogP contribution in [0, 0.1) is 18.3 Å². The molecule has 2 atom stereocenters. The van der Waals surface area contributed by atoms with Crippen molar-refractivity contribution in [1.82, 2.24) is 10.2 Å². The van der Waals surface area contributed by atoms with Gasteiger partial charge in [0, 0.05) is 19.1 Å². The molecule has 1 N–H and O–H groups in total. The van der Waals surface area contributed by atoms with Gasteiger partial charge in [0.05, 0.1) is 12.6 Å². The van der Waals surface area contributed by atoms with E-state index in [2.05, 4.69) is 54.4 Å². The van der Waals surface area contributed by atoms with E-state index in [0.717, 1.165) is 26.1 Å². The average Bonchev–Trinajstić information content (AvgIpc) is 2.46. The van der Waals surface area contributed by atoms with Gasteiger partial charge in [-0.1, -0.05) is 36.8 Å². The lowest BCUT2D eigenvalue weighted by Crippen LogP contribution is -2.48. The van der Waals surface area contributed by atoms with Gasteiger partial charge < -0.3 is 5.32 Å². The molecule has 0 amide bonds. The van der Waals surface area contributed by atoms with E-state index in [1.165, 1.54) is 17.5 Å². The van der Waals surface area contributed by atoms with Gasteiger partial charge in [-0.05, 0) is 37.8 Å². The maximum absolute atomic E-state index is 8.96. The van der Waals surface area contributed by atoms with Gasteiger partial charge in [0.2, 0.25) is 0 Å². The Labute approximate surface area is 122 Å². The second-order valence-electron chi connectivity index (χ2n) is 5.85. The van der Waals surface area contributed by atoms with Gasteiger partial charge in [-0.2, -0.15) is 5.26 Å². The zero-order valence-electron chi connectivity index (χ0n) is 12.6. The summed E-state index contributed by atoms with van der Waals surface area (Å²) >= 11 is 0. The summed E-state index contributed by atoms with van der Waals surface area (Å²) in [5.41, 5.74) is 2.71. The second kappa shape index (κ2) is 7.42. The third-order valence-electron chi connectivity index (χ3n) is 4.05. The van der Waals surface area contributed by atoms with Crippen LogP contribution in [0.5, 0.6) is 0 Å². The summed E-state index contributed by atoms with van der Waals surface area (Å²) in [5.74, 6) is 0.534. The Morgan fingerprint density at radius 2 is 2.05 bits per heavy atom. The molecule has 1 saturated heterocycles. The van der Waals surface area contributed by atoms with E-state index >= 15 is 0 Å². The second-order valence-corrected chi connectivity index (χ2v) is 5.85. The van der Waals surface area contributed by atoms with Crippen LogP contribution < -0.4 is 5.32 Å². The van der Waals surface area contributed by atoms with E-state index in [4.69, 9.17) is 5.26 Å². The highest BCUT2D eigenvalue weighted by molar-refractivity contribution is 5.25. The summed E-state index contributed by atoms with van der Waals surface area (Å²) in [7, 11) is 0. The Bertz CT molecular complexity index is 446. The standard InChI is InChI=1S/C17H25N3/c1-3-9-19-17-11-16(12-20(13-17)10-8-18)15-6-4-14(2)5-7-15/h4-7,16-17,19H,3,9-13H2,1-2H3. The summed E-state index contributed by atoms with van der Waals surface area (Å²) in [6.45, 7) is 7.91. The van der Waals surface area contributed by atoms with E-state index in [1.807, 2.05) is 0 Å². The highest BCUT2D eigenvalue weighted by Crippen LogP contribution is 2.27. The van der Waals surface area contributed by atoms with Gasteiger partial charge in [-0.25, -0.2) is 0 Å². The van der Waals surface area contributed by atoms with Crippen molar-refractivity contribution in [3.05, 3.63) is 35.4 Å². The summed E-state index contributed by atoms with van der Waals surface area (Å²) in [6.07, 6.45) is 2.33. The van der Waals surface area contributed by atoms with Crippen molar-refractivity contribution < 1.29 is 0 Å². The highest BCUT2D eigenvalue weighted by atomic mass is 15.2. The number of hydrogen-bond acceptors (Lipinski definition) is 3. The van der Waals surface area contributed by atoms with Gasteiger partial charge in [-0.15, -0.1) is 0 Å². The number of benzene rings is 1. The van der Waals surface area contributed by atoms with Gasteiger partial charge >= 0.3 is 0 Å². The molecular formula is C17H25N3. The van der Waals surface area contributed by atoms with Gasteiger partial charge in [-0.3, -0.25) is 4.90 Å². The van der Waals surface area contributed by atoms with Crippen LogP contribution in [0.3, 0.4) is 0 Å². The average molecular weight is 271 g/mol. The number of nitrogens with one attached hydrogen (secondary N) is 1. The predicted octanol–water partition coefficient (Wildman–Crippen LogP) is 2.68. The molecule has 3 nitrogen and oxygen atoms in total. The summed E-state index contributed by atoms with van der Waals surface area (Å²) < 4.78 is 0. The molecule has 1 aromatic carbocycles. The number of nitrogens with zero attached hydrogens (tertiary/aromatic N) is 2. The van der Waals surface area contributed by atoms with E-state index in [1.54, 1.807) is 0 Å². The van der Waals surface area contributed by atoms with Crippen molar-refractivity contribution in [3.8, 4) is 6.07 Å². The fourth-order valence-electron chi connectivity index (χ4n) is 3.00. The fourth-order valence-corrected chi connectivity index (χ4v) is 3.00. The van der Waals surface area contributed by atoms with Gasteiger partial charge in [0.1, 0.15) is 0 Å². The van der Waals surface area contributed by atoms with Crippen molar-refractivity contribution in [2.24, 2.45) is 0 Å². The Hall–Kier alpha value is -1.37. The van der Waals surface area contributed by atoms with Crippen molar-refractivity contribution in [2.75, 3.05) is 26.2 Å². The molecule has 108 valence electrons. The number of rotatable bonds is 5. The Kier molecular flexibility index (Phi) is 5.58. The number of likely N-dealkylation sites (tertiary alicyclic amines) is 1. The molecule has 20 heavy (non-hydrogen) atoms. The molecule has 1 aromatic rings. The Morgan fingerprint density at radius 1 is 1.30 bits per heavy atom. The SMILES string of the molecule is CCCNC1CC(c2ccc(C)cc2)CN(CC#N)C1. The minimum Gasteiger partial charge on any atom is -0.313 e. The molecule has 0 saturated carbocycles. The normalized spacial score (nSPS) is 23.4. The number of aryl methyl sites for hydroxylation is 1. The van der Waals surface area contributed by atoms with Crippen LogP contribution in [-0.4, -0.2) is 37.1 Å². The minimum atomic E-state index is 0.503. The van der Waals surface area contributed by atoms with Crippen molar-refractivity contribution in [2.45, 2.75) is 38.6 Å². The largest absolute Gasteiger partial charge is 0.313 e. The molecule has 0 spiro atoms. The van der Waals surface area contributed by atoms with Crippen LogP contribution in [-0.2, 0) is 0 Å². The molecule has 3 heteroatoms. The smallest absolute Gasteiger partial charge is 0.0866 e. The first-order valence-corrected chi connectivity index (χ1v) is 7.62. The summed E-state index contributed by atoms with van der Waals surface area (Å²) in [5, 5.41) is 12.6. The molecular weight excluding hydrogens is 246 g/mol. The Balaban J connectivity index is 2.06. The molecule has 2 rings (SSSR count). The van der Waals surface area contributed by atoms with Crippen LogP contribution in [0.2, 0.25) is 0 Å². The monoisotopic (exact) mass is 271 g/mol. The van der Waals surface area contributed by atoms with E-state index in [0.29, 0.717) is 18.5 Å². The molecule has 0 aliphatic carbocycles. The quantitative estimate of drug-likeness (QED) is 0.837. The number of hydrogen-bond donors (Lipinski definition) is 1. The first-order valence-electron chi connectivity index (χ1n) is 7.62. The topological polar surface area (TPSA) is 39.1 Å². The lowest BCUT2D eigenvalue weighted by molar-refractivity contribution is 0.189. The zero-order chi connectivity index (χ0) is 14.4. The van der Waals surface area contributed by atoms with Crippen LogP contribution in [0.1, 0.15) is 36.8 Å². The molecule has 1 aliphatic heterocycles. The van der Waals surface area contributed by atoms with Crippen LogP contribution in [0.25, 0.3) is 0 Å². The molecule has 0 radical (unpaired) electrons. The lowest BCUT2D eigenvalue weighted by atomic mass is 9.87. The van der Waals surface area contributed by atoms with Crippen LogP contribution in [0.15, 0.2) is 24.3 Å². The number of nitriles is 1. The summed E-state index contributed by atoms with van der Waals surface area (Å²) in [4.78, 5) is 2.28. The van der Waals surface area contributed by atoms with Crippen molar-refractivity contribution >= 4 is 0 Å². The zero-order valence-corrected chi connectivity index (χ0v) is 12.6. The summed E-state index contributed by atoms with van der Waals surface area (Å²) in [6, 6.07) is 11.7. The van der Waals surface area contributed by atoms with Crippen LogP contribution in [0.4, 0.5) is 0 Å². The number of piperidine rings is 1. The maximum atomic E-state index is 8.96. The van der Waals surface area contributed by atoms with E-state index in [-0.39, 0.29) is 0 Å². The fraction of sp³-hybridized carbons (Fsp3) is 0.588. The van der Waals surface area contributed by atoms with E-state index in [9.17, 15) is 0 Å². The molecule has 2 unspecified atom stereocenters. The predicted molar refractivity (Wildman–Crippen MR) is 82.7 cm³/mol. The Morgan fingerprint density at radius 3 is 2.70 bits per heavy atom. The van der Waals surface area contributed by atoms with Gasteiger partial charge in [0.25, 0.3) is 0 Å². The molecule has 1 aliphatic rings. The molecule has 1 fully saturated rings. The molecule has 1 heterocycles. The van der Waals surface area contributed by atoms with Gasteiger partial charge in [0.15, 0.2) is 0 Å². The maximum Gasteiger partial charge on any atom is 0.0866 e. The van der Waals surface area contributed by atoms with Crippen molar-refractivity contribution in [1.29, 1.82) is 5.26 Å². The minimum absolute atomic E-state index is 0.503. The third-order valence-corrected chi connectivity index (χ3v) is 4.05. The first-order chi connectivity index (χ1) is 9.72. The van der Waals surface area contributed by atoms with Crippen molar-refractivity contribution in [3.63, 3.8) is 0 Å². The lowest BCUT2D eigenvalue weighted by Gasteiger charge is -2.37. The molecule has 0 aromatic heterocycles. The third kappa shape index (κ3) is 4.06. The first kappa shape index (κ1) is 15.0. The van der Waals surface area contributed by atoms with E-state index < -0.39 is 0 Å². The van der Waals surface area contributed by atoms with Crippen LogP contribution >= 0.6 is 0 Å². The highest BCUT2D eigenvalue weighted by Gasteiger charge is 2.27. The molecule has 0 bridgehead atoms.